The molecule has 3 aromatic rings. The van der Waals surface area contributed by atoms with Crippen LogP contribution in [0.2, 0.25) is 0 Å². The predicted octanol–water partition coefficient (Wildman–Crippen LogP) is 3.36. The highest BCUT2D eigenvalue weighted by molar-refractivity contribution is 5.67. The Bertz CT molecular complexity index is 711. The second kappa shape index (κ2) is 4.52. The minimum Gasteiger partial charge on any atom is -0.387 e. The molecule has 19 heavy (non-hydrogen) atoms. The van der Waals surface area contributed by atoms with Gasteiger partial charge < -0.3 is 9.51 Å². The molecule has 0 aliphatic heterocycles. The van der Waals surface area contributed by atoms with Crippen molar-refractivity contribution in [1.29, 1.82) is 0 Å². The van der Waals surface area contributed by atoms with Crippen LogP contribution in [0.25, 0.3) is 16.9 Å². The lowest BCUT2D eigenvalue weighted by atomic mass is 10.1. The second-order valence-corrected chi connectivity index (χ2v) is 4.82. The van der Waals surface area contributed by atoms with Gasteiger partial charge in [-0.3, -0.25) is 0 Å². The number of nitrogens with zero attached hydrogens (tertiary/aromatic N) is 2. The van der Waals surface area contributed by atoms with Crippen LogP contribution in [0, 0.1) is 6.92 Å². The maximum atomic E-state index is 10.0. The Morgan fingerprint density at radius 2 is 1.84 bits per heavy atom. The third kappa shape index (κ3) is 2.02. The van der Waals surface area contributed by atoms with Crippen molar-refractivity contribution in [1.82, 2.24) is 9.38 Å². The molecule has 0 amide bonds. The Labute approximate surface area is 112 Å². The minimum atomic E-state index is -0.561. The van der Waals surface area contributed by atoms with Gasteiger partial charge in [-0.25, -0.2) is 4.98 Å². The summed E-state index contributed by atoms with van der Waals surface area (Å²) in [6.45, 7) is 3.83. The lowest BCUT2D eigenvalue weighted by Crippen LogP contribution is -1.99. The number of aromatic nitrogens is 2. The van der Waals surface area contributed by atoms with E-state index in [4.69, 9.17) is 0 Å². The van der Waals surface area contributed by atoms with Gasteiger partial charge in [0.15, 0.2) is 0 Å². The number of aliphatic hydroxyl groups excluding tert-OH is 1. The summed E-state index contributed by atoms with van der Waals surface area (Å²) >= 11 is 0. The monoisotopic (exact) mass is 252 g/mol. The zero-order valence-corrected chi connectivity index (χ0v) is 11.0. The number of benzene rings is 1. The maximum absolute atomic E-state index is 10.0. The first kappa shape index (κ1) is 11.9. The molecule has 3 nitrogen and oxygen atoms in total. The molecule has 0 spiro atoms. The maximum Gasteiger partial charge on any atom is 0.137 e. The molecule has 1 unspecified atom stereocenters. The van der Waals surface area contributed by atoms with Gasteiger partial charge in [0.1, 0.15) is 5.65 Å². The summed E-state index contributed by atoms with van der Waals surface area (Å²) in [4.78, 5) is 4.64. The SMILES string of the molecule is Cc1ccc(-c2nc3ccccn3c2C(C)O)cc1. The number of aryl methyl sites for hydroxylation is 1. The van der Waals surface area contributed by atoms with E-state index in [1.165, 1.54) is 5.56 Å². The van der Waals surface area contributed by atoms with Crippen molar-refractivity contribution in [3.63, 3.8) is 0 Å². The molecule has 1 N–H and O–H groups in total. The molecule has 1 aromatic carbocycles. The highest BCUT2D eigenvalue weighted by Crippen LogP contribution is 2.28. The minimum absolute atomic E-state index is 0.561. The van der Waals surface area contributed by atoms with Gasteiger partial charge in [0.2, 0.25) is 0 Å². The van der Waals surface area contributed by atoms with Gasteiger partial charge in [-0.15, -0.1) is 0 Å². The Morgan fingerprint density at radius 3 is 2.53 bits per heavy atom. The Kier molecular flexibility index (Phi) is 2.84. The van der Waals surface area contributed by atoms with Gasteiger partial charge in [-0.05, 0) is 26.0 Å². The fourth-order valence-corrected chi connectivity index (χ4v) is 2.34. The molecule has 0 aliphatic rings. The average Bonchev–Trinajstić information content (AvgIpc) is 2.78. The number of hydrogen-bond donors (Lipinski definition) is 1. The molecule has 3 heteroatoms. The van der Waals surface area contributed by atoms with Gasteiger partial charge in [0.25, 0.3) is 0 Å². The topological polar surface area (TPSA) is 37.5 Å². The number of imidazole rings is 1. The lowest BCUT2D eigenvalue weighted by molar-refractivity contribution is 0.194. The quantitative estimate of drug-likeness (QED) is 0.759. The summed E-state index contributed by atoms with van der Waals surface area (Å²) in [5.41, 5.74) is 4.78. The molecule has 0 bridgehead atoms. The first-order valence-corrected chi connectivity index (χ1v) is 6.39. The number of pyridine rings is 1. The van der Waals surface area contributed by atoms with Crippen molar-refractivity contribution in [2.24, 2.45) is 0 Å². The largest absolute Gasteiger partial charge is 0.387 e. The Hall–Kier alpha value is -2.13. The van der Waals surface area contributed by atoms with E-state index in [-0.39, 0.29) is 0 Å². The second-order valence-electron chi connectivity index (χ2n) is 4.82. The molecular formula is C16H16N2O. The van der Waals surface area contributed by atoms with E-state index >= 15 is 0 Å². The Balaban J connectivity index is 2.28. The fraction of sp³-hybridized carbons (Fsp3) is 0.188. The molecule has 0 aliphatic carbocycles. The van der Waals surface area contributed by atoms with Gasteiger partial charge >= 0.3 is 0 Å². The normalized spacial score (nSPS) is 12.8. The van der Waals surface area contributed by atoms with E-state index in [0.717, 1.165) is 22.6 Å². The standard InChI is InChI=1S/C16H16N2O/c1-11-6-8-13(9-7-11)15-16(12(2)19)18-10-4-3-5-14(18)17-15/h3-10,12,19H,1-2H3. The smallest absolute Gasteiger partial charge is 0.137 e. The van der Waals surface area contributed by atoms with E-state index in [0.29, 0.717) is 0 Å². The van der Waals surface area contributed by atoms with Gasteiger partial charge in [0, 0.05) is 11.8 Å². The van der Waals surface area contributed by atoms with Crippen molar-refractivity contribution >= 4 is 5.65 Å². The van der Waals surface area contributed by atoms with Crippen molar-refractivity contribution in [2.45, 2.75) is 20.0 Å². The molecular weight excluding hydrogens is 236 g/mol. The first-order chi connectivity index (χ1) is 9.16. The van der Waals surface area contributed by atoms with E-state index in [1.807, 2.05) is 40.9 Å². The first-order valence-electron chi connectivity index (χ1n) is 6.39. The highest BCUT2D eigenvalue weighted by Gasteiger charge is 2.17. The Morgan fingerprint density at radius 1 is 1.11 bits per heavy atom. The summed E-state index contributed by atoms with van der Waals surface area (Å²) in [7, 11) is 0. The lowest BCUT2D eigenvalue weighted by Gasteiger charge is -2.08. The van der Waals surface area contributed by atoms with E-state index in [9.17, 15) is 5.11 Å². The van der Waals surface area contributed by atoms with E-state index in [2.05, 4.69) is 24.0 Å². The third-order valence-corrected chi connectivity index (χ3v) is 3.29. The van der Waals surface area contributed by atoms with Crippen LogP contribution in [-0.4, -0.2) is 14.5 Å². The number of rotatable bonds is 2. The third-order valence-electron chi connectivity index (χ3n) is 3.29. The molecule has 0 fully saturated rings. The summed E-state index contributed by atoms with van der Waals surface area (Å²) < 4.78 is 1.94. The summed E-state index contributed by atoms with van der Waals surface area (Å²) in [6, 6.07) is 14.1. The van der Waals surface area contributed by atoms with Gasteiger partial charge in [-0.2, -0.15) is 0 Å². The van der Waals surface area contributed by atoms with Crippen LogP contribution in [0.3, 0.4) is 0 Å². The predicted molar refractivity (Wildman–Crippen MR) is 76.0 cm³/mol. The number of aliphatic hydroxyl groups is 1. The van der Waals surface area contributed by atoms with Gasteiger partial charge in [0.05, 0.1) is 17.5 Å². The van der Waals surface area contributed by atoms with Crippen molar-refractivity contribution in [3.8, 4) is 11.3 Å². The molecule has 0 saturated heterocycles. The summed E-state index contributed by atoms with van der Waals surface area (Å²) in [5, 5.41) is 10.0. The highest BCUT2D eigenvalue weighted by atomic mass is 16.3. The van der Waals surface area contributed by atoms with Crippen LogP contribution >= 0.6 is 0 Å². The van der Waals surface area contributed by atoms with E-state index in [1.54, 1.807) is 6.92 Å². The van der Waals surface area contributed by atoms with Crippen LogP contribution in [-0.2, 0) is 0 Å². The summed E-state index contributed by atoms with van der Waals surface area (Å²) in [6.07, 6.45) is 1.37. The van der Waals surface area contributed by atoms with E-state index < -0.39 is 6.10 Å². The van der Waals surface area contributed by atoms with Crippen LogP contribution in [0.1, 0.15) is 24.3 Å². The fourth-order valence-electron chi connectivity index (χ4n) is 2.34. The zero-order valence-electron chi connectivity index (χ0n) is 11.0. The summed E-state index contributed by atoms with van der Waals surface area (Å²) in [5.74, 6) is 0. The van der Waals surface area contributed by atoms with Crippen LogP contribution in [0.4, 0.5) is 0 Å². The molecule has 3 rings (SSSR count). The molecule has 0 radical (unpaired) electrons. The average molecular weight is 252 g/mol. The van der Waals surface area contributed by atoms with Crippen molar-refractivity contribution < 1.29 is 5.11 Å². The number of hydrogen-bond acceptors (Lipinski definition) is 2. The van der Waals surface area contributed by atoms with Crippen molar-refractivity contribution in [2.75, 3.05) is 0 Å². The van der Waals surface area contributed by atoms with Crippen molar-refractivity contribution in [3.05, 3.63) is 59.9 Å². The van der Waals surface area contributed by atoms with Crippen LogP contribution < -0.4 is 0 Å². The molecule has 2 heterocycles. The van der Waals surface area contributed by atoms with Crippen LogP contribution in [0.5, 0.6) is 0 Å². The van der Waals surface area contributed by atoms with Crippen LogP contribution in [0.15, 0.2) is 48.7 Å². The zero-order chi connectivity index (χ0) is 13.4. The molecule has 2 aromatic heterocycles. The number of fused-ring (bicyclic) bond motifs is 1. The molecule has 96 valence electrons. The van der Waals surface area contributed by atoms with Gasteiger partial charge in [-0.1, -0.05) is 35.9 Å². The molecule has 0 saturated carbocycles. The molecule has 1 atom stereocenters.